The summed E-state index contributed by atoms with van der Waals surface area (Å²) in [7, 11) is 0. The number of aryl methyl sites for hydroxylation is 1. The number of ether oxygens (including phenoxy) is 1. The van der Waals surface area contributed by atoms with Crippen molar-refractivity contribution in [2.75, 3.05) is 17.7 Å². The quantitative estimate of drug-likeness (QED) is 0.386. The third kappa shape index (κ3) is 8.24. The maximum Gasteiger partial charge on any atom is 0.316 e. The van der Waals surface area contributed by atoms with Crippen molar-refractivity contribution in [3.63, 3.8) is 0 Å². The van der Waals surface area contributed by atoms with Crippen molar-refractivity contribution >= 4 is 46.8 Å². The summed E-state index contributed by atoms with van der Waals surface area (Å²) in [5.41, 5.74) is 3.83. The lowest BCUT2D eigenvalue weighted by atomic mass is 10.1. The SMILES string of the molecule is Cc1ccc(CNC(=O)c2ccccc2NC(=O)COC(=O)CSCc2ccc(Cl)cc2)cc1. The zero-order chi connectivity index (χ0) is 24.3. The third-order valence-electron chi connectivity index (χ3n) is 4.79. The van der Waals surface area contributed by atoms with Crippen molar-refractivity contribution in [3.05, 3.63) is 100 Å². The zero-order valence-electron chi connectivity index (χ0n) is 18.7. The van der Waals surface area contributed by atoms with Crippen LogP contribution in [-0.2, 0) is 26.6 Å². The molecule has 3 aromatic carbocycles. The molecule has 0 saturated heterocycles. The normalized spacial score (nSPS) is 10.4. The minimum atomic E-state index is -0.519. The standard InChI is InChI=1S/C26H25ClN2O4S/c1-18-6-8-19(9-7-18)14-28-26(32)22-4-2-3-5-23(22)29-24(30)15-33-25(31)17-34-16-20-10-12-21(27)13-11-20/h2-13H,14-17H2,1H3,(H,28,32)(H,29,30). The Labute approximate surface area is 208 Å². The van der Waals surface area contributed by atoms with Gasteiger partial charge in [-0.2, -0.15) is 0 Å². The summed E-state index contributed by atoms with van der Waals surface area (Å²) in [6, 6.07) is 21.9. The number of benzene rings is 3. The molecule has 6 nitrogen and oxygen atoms in total. The van der Waals surface area contributed by atoms with Crippen LogP contribution in [0.25, 0.3) is 0 Å². The van der Waals surface area contributed by atoms with Gasteiger partial charge in [0.15, 0.2) is 6.61 Å². The second kappa shape index (κ2) is 12.8. The largest absolute Gasteiger partial charge is 0.455 e. The first-order valence-electron chi connectivity index (χ1n) is 10.6. The van der Waals surface area contributed by atoms with E-state index in [0.29, 0.717) is 28.6 Å². The molecule has 0 aliphatic carbocycles. The van der Waals surface area contributed by atoms with Gasteiger partial charge in [0, 0.05) is 17.3 Å². The van der Waals surface area contributed by atoms with E-state index in [1.807, 2.05) is 43.3 Å². The Kier molecular flexibility index (Phi) is 9.55. The second-order valence-electron chi connectivity index (χ2n) is 7.54. The molecule has 0 spiro atoms. The minimum Gasteiger partial charge on any atom is -0.455 e. The highest BCUT2D eigenvalue weighted by Crippen LogP contribution is 2.17. The van der Waals surface area contributed by atoms with Crippen LogP contribution in [0.4, 0.5) is 5.69 Å². The Balaban J connectivity index is 1.44. The van der Waals surface area contributed by atoms with Crippen LogP contribution >= 0.6 is 23.4 Å². The Hall–Kier alpha value is -3.29. The van der Waals surface area contributed by atoms with Gasteiger partial charge in [-0.15, -0.1) is 11.8 Å². The molecule has 0 aliphatic heterocycles. The summed E-state index contributed by atoms with van der Waals surface area (Å²) in [6.07, 6.45) is 0. The molecule has 3 aromatic rings. The number of carbonyl (C=O) groups is 3. The number of para-hydroxylation sites is 1. The average Bonchev–Trinajstić information content (AvgIpc) is 2.84. The van der Waals surface area contributed by atoms with Crippen LogP contribution in [0, 0.1) is 6.92 Å². The predicted octanol–water partition coefficient (Wildman–Crippen LogP) is 4.99. The molecule has 0 bridgehead atoms. The van der Waals surface area contributed by atoms with E-state index in [1.54, 1.807) is 36.4 Å². The number of anilines is 1. The Morgan fingerprint density at radius 1 is 0.912 bits per heavy atom. The van der Waals surface area contributed by atoms with Gasteiger partial charge in [-0.3, -0.25) is 14.4 Å². The molecule has 2 N–H and O–H groups in total. The molecule has 0 fully saturated rings. The number of thioether (sulfide) groups is 1. The van der Waals surface area contributed by atoms with Crippen LogP contribution < -0.4 is 10.6 Å². The lowest BCUT2D eigenvalue weighted by Gasteiger charge is -2.12. The number of esters is 1. The highest BCUT2D eigenvalue weighted by molar-refractivity contribution is 7.99. The highest BCUT2D eigenvalue weighted by Gasteiger charge is 2.14. The highest BCUT2D eigenvalue weighted by atomic mass is 35.5. The van der Waals surface area contributed by atoms with Gasteiger partial charge in [-0.1, -0.05) is 65.7 Å². The summed E-state index contributed by atoms with van der Waals surface area (Å²) in [4.78, 5) is 36.9. The first kappa shape index (κ1) is 25.3. The van der Waals surface area contributed by atoms with Crippen molar-refractivity contribution in [3.8, 4) is 0 Å². The van der Waals surface area contributed by atoms with Gasteiger partial charge in [-0.25, -0.2) is 0 Å². The maximum absolute atomic E-state index is 12.6. The zero-order valence-corrected chi connectivity index (χ0v) is 20.2. The number of carbonyl (C=O) groups excluding carboxylic acids is 3. The number of rotatable bonds is 10. The predicted molar refractivity (Wildman–Crippen MR) is 136 cm³/mol. The van der Waals surface area contributed by atoms with Gasteiger partial charge in [0.1, 0.15) is 0 Å². The van der Waals surface area contributed by atoms with Crippen LogP contribution in [0.3, 0.4) is 0 Å². The fourth-order valence-corrected chi connectivity index (χ4v) is 3.89. The lowest BCUT2D eigenvalue weighted by Crippen LogP contribution is -2.26. The number of hydrogen-bond donors (Lipinski definition) is 2. The molecular formula is C26H25ClN2O4S. The van der Waals surface area contributed by atoms with Crippen LogP contribution in [0.15, 0.2) is 72.8 Å². The fraction of sp³-hybridized carbons (Fsp3) is 0.192. The average molecular weight is 497 g/mol. The number of halogens is 1. The van der Waals surface area contributed by atoms with Gasteiger partial charge in [-0.05, 0) is 42.3 Å². The van der Waals surface area contributed by atoms with E-state index in [4.69, 9.17) is 16.3 Å². The van der Waals surface area contributed by atoms with E-state index in [0.717, 1.165) is 16.7 Å². The van der Waals surface area contributed by atoms with Gasteiger partial charge < -0.3 is 15.4 Å². The summed E-state index contributed by atoms with van der Waals surface area (Å²) < 4.78 is 5.05. The van der Waals surface area contributed by atoms with Gasteiger partial charge >= 0.3 is 5.97 Å². The molecule has 0 saturated carbocycles. The summed E-state index contributed by atoms with van der Waals surface area (Å²) in [5.74, 6) is -0.572. The van der Waals surface area contributed by atoms with Gasteiger partial charge in [0.2, 0.25) is 0 Å². The molecule has 0 aliphatic rings. The third-order valence-corrected chi connectivity index (χ3v) is 6.01. The molecular weight excluding hydrogens is 472 g/mol. The molecule has 2 amide bonds. The molecule has 0 atom stereocenters. The molecule has 0 aromatic heterocycles. The van der Waals surface area contributed by atoms with Crippen LogP contribution in [0.2, 0.25) is 5.02 Å². The first-order chi connectivity index (χ1) is 16.4. The van der Waals surface area contributed by atoms with E-state index < -0.39 is 18.5 Å². The van der Waals surface area contributed by atoms with Gasteiger partial charge in [0.25, 0.3) is 11.8 Å². The number of nitrogens with one attached hydrogen (secondary N) is 2. The molecule has 176 valence electrons. The maximum atomic E-state index is 12.6. The second-order valence-corrected chi connectivity index (χ2v) is 8.96. The molecule has 0 heterocycles. The van der Waals surface area contributed by atoms with Gasteiger partial charge in [0.05, 0.1) is 17.0 Å². The molecule has 0 unspecified atom stereocenters. The van der Waals surface area contributed by atoms with Crippen molar-refractivity contribution in [2.24, 2.45) is 0 Å². The Morgan fingerprint density at radius 3 is 2.32 bits per heavy atom. The van der Waals surface area contributed by atoms with E-state index in [-0.39, 0.29) is 11.7 Å². The molecule has 0 radical (unpaired) electrons. The monoisotopic (exact) mass is 496 g/mol. The van der Waals surface area contributed by atoms with Crippen molar-refractivity contribution < 1.29 is 19.1 Å². The Morgan fingerprint density at radius 2 is 1.59 bits per heavy atom. The van der Waals surface area contributed by atoms with Crippen molar-refractivity contribution in [2.45, 2.75) is 19.2 Å². The molecule has 8 heteroatoms. The molecule has 34 heavy (non-hydrogen) atoms. The van der Waals surface area contributed by atoms with Crippen LogP contribution in [0.1, 0.15) is 27.0 Å². The summed E-state index contributed by atoms with van der Waals surface area (Å²) in [6.45, 7) is 1.94. The first-order valence-corrected chi connectivity index (χ1v) is 12.1. The lowest BCUT2D eigenvalue weighted by molar-refractivity contribution is -0.144. The van der Waals surface area contributed by atoms with Crippen molar-refractivity contribution in [1.82, 2.24) is 5.32 Å². The smallest absolute Gasteiger partial charge is 0.316 e. The molecule has 3 rings (SSSR count). The topological polar surface area (TPSA) is 84.5 Å². The number of amides is 2. The van der Waals surface area contributed by atoms with E-state index in [1.165, 1.54) is 11.8 Å². The van der Waals surface area contributed by atoms with Crippen LogP contribution in [0.5, 0.6) is 0 Å². The van der Waals surface area contributed by atoms with E-state index in [2.05, 4.69) is 10.6 Å². The Bertz CT molecular complexity index is 1130. The van der Waals surface area contributed by atoms with E-state index >= 15 is 0 Å². The summed E-state index contributed by atoms with van der Waals surface area (Å²) >= 11 is 7.24. The fourth-order valence-electron chi connectivity index (χ4n) is 2.98. The minimum absolute atomic E-state index is 0.119. The summed E-state index contributed by atoms with van der Waals surface area (Å²) in [5, 5.41) is 6.15. The van der Waals surface area contributed by atoms with Crippen LogP contribution in [-0.4, -0.2) is 30.1 Å². The number of hydrogen-bond acceptors (Lipinski definition) is 5. The van der Waals surface area contributed by atoms with E-state index in [9.17, 15) is 14.4 Å². The van der Waals surface area contributed by atoms with Crippen molar-refractivity contribution in [1.29, 1.82) is 0 Å².